The summed E-state index contributed by atoms with van der Waals surface area (Å²) < 4.78 is 5.34. The molecule has 1 heterocycles. The number of rotatable bonds is 8. The molecule has 0 saturated carbocycles. The van der Waals surface area contributed by atoms with E-state index in [9.17, 15) is 4.79 Å². The number of para-hydroxylation sites is 1. The Balaban J connectivity index is 1.54. The average Bonchev–Trinajstić information content (AvgIpc) is 2.73. The second-order valence-corrected chi connectivity index (χ2v) is 6.09. The van der Waals surface area contributed by atoms with Gasteiger partial charge in [-0.05, 0) is 35.7 Å². The summed E-state index contributed by atoms with van der Waals surface area (Å²) in [5.74, 6) is 1.40. The molecule has 3 aromatic rings. The van der Waals surface area contributed by atoms with Gasteiger partial charge in [0.25, 0.3) is 5.91 Å². The molecule has 0 aliphatic carbocycles. The van der Waals surface area contributed by atoms with E-state index < -0.39 is 0 Å². The van der Waals surface area contributed by atoms with Crippen LogP contribution < -0.4 is 15.4 Å². The fourth-order valence-electron chi connectivity index (χ4n) is 2.78. The van der Waals surface area contributed by atoms with E-state index in [0.717, 1.165) is 16.9 Å². The Bertz CT molecular complexity index is 881. The predicted octanol–water partition coefficient (Wildman–Crippen LogP) is 3.67. The lowest BCUT2D eigenvalue weighted by atomic mass is 10.1. The largest absolute Gasteiger partial charge is 0.496 e. The number of amides is 1. The minimum absolute atomic E-state index is 0.116. The molecule has 0 spiro atoms. The van der Waals surface area contributed by atoms with Crippen molar-refractivity contribution in [2.75, 3.05) is 19.0 Å². The number of hydrogen-bond donors (Lipinski definition) is 2. The molecule has 0 saturated heterocycles. The van der Waals surface area contributed by atoms with Crippen LogP contribution in [0, 0.1) is 0 Å². The fraction of sp³-hybridized carbons (Fsp3) is 0.182. The monoisotopic (exact) mass is 361 g/mol. The van der Waals surface area contributed by atoms with Crippen LogP contribution in [-0.4, -0.2) is 24.5 Å². The number of methoxy groups -OCH3 is 1. The second kappa shape index (κ2) is 9.38. The van der Waals surface area contributed by atoms with Crippen LogP contribution in [0.5, 0.6) is 5.75 Å². The number of nitrogens with zero attached hydrogens (tertiary/aromatic N) is 1. The van der Waals surface area contributed by atoms with Crippen LogP contribution >= 0.6 is 0 Å². The van der Waals surface area contributed by atoms with Gasteiger partial charge in [-0.3, -0.25) is 4.79 Å². The molecule has 3 rings (SSSR count). The number of anilines is 1. The highest BCUT2D eigenvalue weighted by Gasteiger charge is 2.08. The van der Waals surface area contributed by atoms with Gasteiger partial charge in [0.15, 0.2) is 0 Å². The zero-order valence-electron chi connectivity index (χ0n) is 15.3. The van der Waals surface area contributed by atoms with E-state index in [1.54, 1.807) is 25.4 Å². The number of benzene rings is 2. The molecule has 0 radical (unpaired) electrons. The molecule has 0 fully saturated rings. The third-order valence-corrected chi connectivity index (χ3v) is 4.21. The molecule has 1 aromatic heterocycles. The SMILES string of the molecule is COc1ccccc1CCNC(=O)c1ccnc(NCc2ccccc2)c1. The molecule has 1 amide bonds. The third-order valence-electron chi connectivity index (χ3n) is 4.21. The zero-order chi connectivity index (χ0) is 18.9. The molecule has 0 atom stereocenters. The van der Waals surface area contributed by atoms with Crippen molar-refractivity contribution in [2.45, 2.75) is 13.0 Å². The van der Waals surface area contributed by atoms with Crippen molar-refractivity contribution >= 4 is 11.7 Å². The van der Waals surface area contributed by atoms with Crippen molar-refractivity contribution in [3.05, 3.63) is 89.6 Å². The third kappa shape index (κ3) is 5.31. The van der Waals surface area contributed by atoms with E-state index in [1.165, 1.54) is 0 Å². The zero-order valence-corrected chi connectivity index (χ0v) is 15.3. The Hall–Kier alpha value is -3.34. The summed E-state index contributed by atoms with van der Waals surface area (Å²) in [6.07, 6.45) is 2.35. The van der Waals surface area contributed by atoms with Gasteiger partial charge in [0.05, 0.1) is 7.11 Å². The van der Waals surface area contributed by atoms with E-state index >= 15 is 0 Å². The number of aromatic nitrogens is 1. The molecule has 138 valence electrons. The summed E-state index contributed by atoms with van der Waals surface area (Å²) in [5, 5.41) is 6.20. The van der Waals surface area contributed by atoms with E-state index in [1.807, 2.05) is 54.6 Å². The summed E-state index contributed by atoms with van der Waals surface area (Å²) in [7, 11) is 1.65. The normalized spacial score (nSPS) is 10.3. The molecule has 0 aliphatic rings. The molecular formula is C22H23N3O2. The van der Waals surface area contributed by atoms with Gasteiger partial charge in [0.2, 0.25) is 0 Å². The number of nitrogens with one attached hydrogen (secondary N) is 2. The van der Waals surface area contributed by atoms with E-state index in [2.05, 4.69) is 15.6 Å². The highest BCUT2D eigenvalue weighted by atomic mass is 16.5. The van der Waals surface area contributed by atoms with Crippen molar-refractivity contribution in [1.82, 2.24) is 10.3 Å². The lowest BCUT2D eigenvalue weighted by molar-refractivity contribution is 0.0954. The van der Waals surface area contributed by atoms with Crippen LogP contribution in [0.4, 0.5) is 5.82 Å². The maximum Gasteiger partial charge on any atom is 0.251 e. The number of carbonyl (C=O) groups excluding carboxylic acids is 1. The Morgan fingerprint density at radius 1 is 1.04 bits per heavy atom. The first kappa shape index (κ1) is 18.5. The van der Waals surface area contributed by atoms with Gasteiger partial charge >= 0.3 is 0 Å². The number of carbonyl (C=O) groups is 1. The molecule has 0 unspecified atom stereocenters. The van der Waals surface area contributed by atoms with Crippen molar-refractivity contribution in [1.29, 1.82) is 0 Å². The van der Waals surface area contributed by atoms with Crippen molar-refractivity contribution in [3.8, 4) is 5.75 Å². The Morgan fingerprint density at radius 2 is 1.81 bits per heavy atom. The van der Waals surface area contributed by atoms with Crippen molar-refractivity contribution in [3.63, 3.8) is 0 Å². The summed E-state index contributed by atoms with van der Waals surface area (Å²) >= 11 is 0. The lowest BCUT2D eigenvalue weighted by Gasteiger charge is -2.10. The molecule has 5 nitrogen and oxygen atoms in total. The summed E-state index contributed by atoms with van der Waals surface area (Å²) in [5.41, 5.74) is 2.81. The van der Waals surface area contributed by atoms with Crippen LogP contribution in [0.15, 0.2) is 72.9 Å². The van der Waals surface area contributed by atoms with E-state index in [4.69, 9.17) is 4.74 Å². The van der Waals surface area contributed by atoms with Crippen LogP contribution in [0.2, 0.25) is 0 Å². The van der Waals surface area contributed by atoms with Crippen LogP contribution in [0.25, 0.3) is 0 Å². The van der Waals surface area contributed by atoms with Crippen molar-refractivity contribution < 1.29 is 9.53 Å². The maximum atomic E-state index is 12.4. The Kier molecular flexibility index (Phi) is 6.41. The number of ether oxygens (including phenoxy) is 1. The van der Waals surface area contributed by atoms with Gasteiger partial charge in [-0.2, -0.15) is 0 Å². The molecule has 0 bridgehead atoms. The predicted molar refractivity (Wildman–Crippen MR) is 107 cm³/mol. The van der Waals surface area contributed by atoms with E-state index in [0.29, 0.717) is 30.9 Å². The summed E-state index contributed by atoms with van der Waals surface area (Å²) in [6, 6.07) is 21.4. The minimum atomic E-state index is -0.116. The van der Waals surface area contributed by atoms with Crippen molar-refractivity contribution in [2.24, 2.45) is 0 Å². The molecule has 2 aromatic carbocycles. The number of hydrogen-bond acceptors (Lipinski definition) is 4. The first-order valence-electron chi connectivity index (χ1n) is 8.90. The van der Waals surface area contributed by atoms with Gasteiger partial charge < -0.3 is 15.4 Å². The minimum Gasteiger partial charge on any atom is -0.496 e. The van der Waals surface area contributed by atoms with E-state index in [-0.39, 0.29) is 5.91 Å². The highest BCUT2D eigenvalue weighted by Crippen LogP contribution is 2.17. The molecule has 27 heavy (non-hydrogen) atoms. The highest BCUT2D eigenvalue weighted by molar-refractivity contribution is 5.94. The van der Waals surface area contributed by atoms with Crippen LogP contribution in [0.3, 0.4) is 0 Å². The topological polar surface area (TPSA) is 63.2 Å². The first-order valence-corrected chi connectivity index (χ1v) is 8.90. The second-order valence-electron chi connectivity index (χ2n) is 6.09. The van der Waals surface area contributed by atoms with Gasteiger partial charge in [0.1, 0.15) is 11.6 Å². The standard InChI is InChI=1S/C22H23N3O2/c1-27-20-10-6-5-9-18(20)11-14-24-22(26)19-12-13-23-21(15-19)25-16-17-7-3-2-4-8-17/h2-10,12-13,15H,11,14,16H2,1H3,(H,23,25)(H,24,26). The van der Waals surface area contributed by atoms with Gasteiger partial charge in [-0.1, -0.05) is 48.5 Å². The van der Waals surface area contributed by atoms with Gasteiger partial charge in [0, 0.05) is 24.8 Å². The fourth-order valence-corrected chi connectivity index (χ4v) is 2.78. The smallest absolute Gasteiger partial charge is 0.251 e. The number of pyridine rings is 1. The quantitative estimate of drug-likeness (QED) is 0.642. The first-order chi connectivity index (χ1) is 13.3. The van der Waals surface area contributed by atoms with Crippen LogP contribution in [0.1, 0.15) is 21.5 Å². The Labute approximate surface area is 159 Å². The average molecular weight is 361 g/mol. The van der Waals surface area contributed by atoms with Crippen LogP contribution in [-0.2, 0) is 13.0 Å². The van der Waals surface area contributed by atoms with Gasteiger partial charge in [-0.15, -0.1) is 0 Å². The lowest BCUT2D eigenvalue weighted by Crippen LogP contribution is -2.26. The molecule has 0 aliphatic heterocycles. The summed E-state index contributed by atoms with van der Waals surface area (Å²) in [4.78, 5) is 16.7. The molecule has 5 heteroatoms. The molecular weight excluding hydrogens is 338 g/mol. The Morgan fingerprint density at radius 3 is 2.63 bits per heavy atom. The van der Waals surface area contributed by atoms with Gasteiger partial charge in [-0.25, -0.2) is 4.98 Å². The summed E-state index contributed by atoms with van der Waals surface area (Å²) in [6.45, 7) is 1.20. The molecule has 2 N–H and O–H groups in total. The maximum absolute atomic E-state index is 12.4.